The van der Waals surface area contributed by atoms with E-state index in [-0.39, 0.29) is 29.4 Å². The molecule has 0 radical (unpaired) electrons. The van der Waals surface area contributed by atoms with Crippen molar-refractivity contribution in [2.45, 2.75) is 6.61 Å². The van der Waals surface area contributed by atoms with Gasteiger partial charge in [-0.15, -0.1) is 0 Å². The number of halogens is 1. The standard InChI is InChI=1S/C24H17FN2O5/c25-17-7-5-15(6-8-17)14-32-21-4-2-1-3-16(21)13-20-22(29)26-24(31)27(23(20)30)18-9-11-19(28)12-10-18/h1-13,28H,14H2,(H,26,29,31)/b20-13+. The minimum Gasteiger partial charge on any atom is -0.508 e. The third kappa shape index (κ3) is 4.34. The predicted octanol–water partition coefficient (Wildman–Crippen LogP) is 3.78. The molecule has 160 valence electrons. The van der Waals surface area contributed by atoms with E-state index in [0.717, 1.165) is 10.5 Å². The number of anilines is 1. The van der Waals surface area contributed by atoms with Gasteiger partial charge in [0, 0.05) is 5.56 Å². The molecule has 2 N–H and O–H groups in total. The van der Waals surface area contributed by atoms with Gasteiger partial charge in [0.25, 0.3) is 11.8 Å². The first kappa shape index (κ1) is 20.8. The van der Waals surface area contributed by atoms with Crippen molar-refractivity contribution in [3.05, 3.63) is 95.3 Å². The Morgan fingerprint density at radius 2 is 1.62 bits per heavy atom. The molecule has 1 aliphatic heterocycles. The van der Waals surface area contributed by atoms with Gasteiger partial charge in [0.2, 0.25) is 0 Å². The van der Waals surface area contributed by atoms with Gasteiger partial charge in [-0.25, -0.2) is 14.1 Å². The van der Waals surface area contributed by atoms with E-state index in [1.807, 2.05) is 0 Å². The normalized spacial score (nSPS) is 15.1. The molecule has 0 atom stereocenters. The molecule has 0 spiro atoms. The lowest BCUT2D eigenvalue weighted by atomic mass is 10.1. The second kappa shape index (κ2) is 8.73. The Bertz CT molecular complexity index is 1220. The zero-order chi connectivity index (χ0) is 22.7. The van der Waals surface area contributed by atoms with Crippen LogP contribution >= 0.6 is 0 Å². The largest absolute Gasteiger partial charge is 0.508 e. The fourth-order valence-electron chi connectivity index (χ4n) is 3.12. The second-order valence-electron chi connectivity index (χ2n) is 6.93. The van der Waals surface area contributed by atoms with E-state index in [4.69, 9.17) is 4.74 Å². The number of carbonyl (C=O) groups excluding carboxylic acids is 3. The Kier molecular flexibility index (Phi) is 5.67. The highest BCUT2D eigenvalue weighted by Crippen LogP contribution is 2.27. The maximum absolute atomic E-state index is 13.1. The number of para-hydroxylation sites is 1. The van der Waals surface area contributed by atoms with E-state index in [9.17, 15) is 23.9 Å². The van der Waals surface area contributed by atoms with Crippen LogP contribution in [0.5, 0.6) is 11.5 Å². The van der Waals surface area contributed by atoms with E-state index in [1.54, 1.807) is 36.4 Å². The molecule has 7 nitrogen and oxygen atoms in total. The molecule has 4 rings (SSSR count). The smallest absolute Gasteiger partial charge is 0.335 e. The summed E-state index contributed by atoms with van der Waals surface area (Å²) in [6.45, 7) is 0.152. The molecule has 32 heavy (non-hydrogen) atoms. The summed E-state index contributed by atoms with van der Waals surface area (Å²) in [6.07, 6.45) is 1.34. The minimum atomic E-state index is -0.885. The van der Waals surface area contributed by atoms with Crippen LogP contribution in [-0.2, 0) is 16.2 Å². The molecule has 1 saturated heterocycles. The van der Waals surface area contributed by atoms with Crippen molar-refractivity contribution in [1.29, 1.82) is 0 Å². The quantitative estimate of drug-likeness (QED) is 0.473. The summed E-state index contributed by atoms with van der Waals surface area (Å²) in [7, 11) is 0. The number of nitrogens with zero attached hydrogens (tertiary/aromatic N) is 1. The molecule has 0 saturated carbocycles. The Labute approximate surface area is 182 Å². The van der Waals surface area contributed by atoms with Crippen molar-refractivity contribution >= 4 is 29.6 Å². The van der Waals surface area contributed by atoms with E-state index in [2.05, 4.69) is 5.32 Å². The predicted molar refractivity (Wildman–Crippen MR) is 114 cm³/mol. The number of ether oxygens (including phenoxy) is 1. The topological polar surface area (TPSA) is 95.9 Å². The molecule has 4 amide bonds. The van der Waals surface area contributed by atoms with Gasteiger partial charge in [0.1, 0.15) is 29.5 Å². The minimum absolute atomic E-state index is 0.0299. The monoisotopic (exact) mass is 432 g/mol. The van der Waals surface area contributed by atoms with Crippen LogP contribution in [0.25, 0.3) is 6.08 Å². The van der Waals surface area contributed by atoms with Crippen LogP contribution in [0, 0.1) is 5.82 Å². The summed E-state index contributed by atoms with van der Waals surface area (Å²) in [4.78, 5) is 38.5. The molecule has 0 bridgehead atoms. The van der Waals surface area contributed by atoms with Crippen molar-refractivity contribution in [2.24, 2.45) is 0 Å². The van der Waals surface area contributed by atoms with Crippen LogP contribution < -0.4 is 15.0 Å². The van der Waals surface area contributed by atoms with E-state index in [1.165, 1.54) is 42.5 Å². The molecule has 1 heterocycles. The number of carbonyl (C=O) groups is 3. The number of aromatic hydroxyl groups is 1. The summed E-state index contributed by atoms with van der Waals surface area (Å²) < 4.78 is 18.9. The Hall–Kier alpha value is -4.46. The third-order valence-corrected chi connectivity index (χ3v) is 4.74. The first-order valence-electron chi connectivity index (χ1n) is 9.59. The zero-order valence-corrected chi connectivity index (χ0v) is 16.6. The van der Waals surface area contributed by atoms with E-state index < -0.39 is 17.8 Å². The Morgan fingerprint density at radius 3 is 2.34 bits per heavy atom. The summed E-state index contributed by atoms with van der Waals surface area (Å²) in [5.41, 5.74) is 1.14. The molecular weight excluding hydrogens is 415 g/mol. The fourth-order valence-corrected chi connectivity index (χ4v) is 3.12. The van der Waals surface area contributed by atoms with Crippen molar-refractivity contribution in [2.75, 3.05) is 4.90 Å². The second-order valence-corrected chi connectivity index (χ2v) is 6.93. The molecular formula is C24H17FN2O5. The highest BCUT2D eigenvalue weighted by molar-refractivity contribution is 6.39. The number of phenols is 1. The zero-order valence-electron chi connectivity index (χ0n) is 16.6. The third-order valence-electron chi connectivity index (χ3n) is 4.74. The van der Waals surface area contributed by atoms with Crippen molar-refractivity contribution in [3.63, 3.8) is 0 Å². The van der Waals surface area contributed by atoms with E-state index >= 15 is 0 Å². The van der Waals surface area contributed by atoms with Gasteiger partial charge in [-0.05, 0) is 54.1 Å². The molecule has 1 fully saturated rings. The summed E-state index contributed by atoms with van der Waals surface area (Å²) in [5, 5.41) is 11.6. The van der Waals surface area contributed by atoms with Gasteiger partial charge >= 0.3 is 6.03 Å². The van der Waals surface area contributed by atoms with Crippen LogP contribution in [0.3, 0.4) is 0 Å². The van der Waals surface area contributed by atoms with Gasteiger partial charge in [0.05, 0.1) is 5.69 Å². The average Bonchev–Trinajstić information content (AvgIpc) is 2.78. The van der Waals surface area contributed by atoms with Crippen LogP contribution in [0.4, 0.5) is 14.9 Å². The van der Waals surface area contributed by atoms with E-state index in [0.29, 0.717) is 11.3 Å². The lowest BCUT2D eigenvalue weighted by Gasteiger charge is -2.26. The highest BCUT2D eigenvalue weighted by Gasteiger charge is 2.36. The van der Waals surface area contributed by atoms with Crippen LogP contribution in [0.15, 0.2) is 78.4 Å². The number of nitrogens with one attached hydrogen (secondary N) is 1. The maximum Gasteiger partial charge on any atom is 0.335 e. The van der Waals surface area contributed by atoms with Gasteiger partial charge in [-0.2, -0.15) is 0 Å². The average molecular weight is 432 g/mol. The van der Waals surface area contributed by atoms with Gasteiger partial charge in [-0.1, -0.05) is 30.3 Å². The van der Waals surface area contributed by atoms with Crippen molar-refractivity contribution in [1.82, 2.24) is 5.32 Å². The summed E-state index contributed by atoms with van der Waals surface area (Å²) in [5.74, 6) is -1.62. The number of amides is 4. The molecule has 0 aliphatic carbocycles. The highest BCUT2D eigenvalue weighted by atomic mass is 19.1. The molecule has 8 heteroatoms. The lowest BCUT2D eigenvalue weighted by molar-refractivity contribution is -0.122. The molecule has 3 aromatic carbocycles. The number of phenolic OH excluding ortho intramolecular Hbond substituents is 1. The first-order valence-corrected chi connectivity index (χ1v) is 9.59. The summed E-state index contributed by atoms with van der Waals surface area (Å²) >= 11 is 0. The molecule has 0 aromatic heterocycles. The van der Waals surface area contributed by atoms with Crippen molar-refractivity contribution in [3.8, 4) is 11.5 Å². The van der Waals surface area contributed by atoms with Crippen LogP contribution in [-0.4, -0.2) is 23.0 Å². The number of rotatable bonds is 5. The maximum atomic E-state index is 13.1. The summed E-state index contributed by atoms with van der Waals surface area (Å²) in [6, 6.07) is 17.2. The molecule has 3 aromatic rings. The lowest BCUT2D eigenvalue weighted by Crippen LogP contribution is -2.54. The number of benzene rings is 3. The van der Waals surface area contributed by atoms with Crippen LogP contribution in [0.1, 0.15) is 11.1 Å². The Balaban J connectivity index is 1.62. The SMILES string of the molecule is O=C1NC(=O)N(c2ccc(O)cc2)C(=O)/C1=C/c1ccccc1OCc1ccc(F)cc1. The first-order chi connectivity index (χ1) is 15.4. The van der Waals surface area contributed by atoms with Gasteiger partial charge in [0.15, 0.2) is 0 Å². The van der Waals surface area contributed by atoms with Gasteiger partial charge < -0.3 is 9.84 Å². The Morgan fingerprint density at radius 1 is 0.938 bits per heavy atom. The van der Waals surface area contributed by atoms with Crippen LogP contribution in [0.2, 0.25) is 0 Å². The fraction of sp³-hybridized carbons (Fsp3) is 0.0417. The number of barbiturate groups is 1. The number of urea groups is 1. The molecule has 1 aliphatic rings. The number of imide groups is 2. The van der Waals surface area contributed by atoms with Crippen molar-refractivity contribution < 1.29 is 28.6 Å². The number of hydrogen-bond donors (Lipinski definition) is 2. The van der Waals surface area contributed by atoms with Gasteiger partial charge in [-0.3, -0.25) is 14.9 Å². The number of hydrogen-bond acceptors (Lipinski definition) is 5. The molecule has 0 unspecified atom stereocenters.